The van der Waals surface area contributed by atoms with Gasteiger partial charge < -0.3 is 8.98 Å². The van der Waals surface area contributed by atoms with Crippen molar-refractivity contribution in [3.63, 3.8) is 0 Å². The number of fused-ring (bicyclic) bond motifs is 8. The predicted molar refractivity (Wildman–Crippen MR) is 172 cm³/mol. The largest absolute Gasteiger partial charge is 0.455 e. The van der Waals surface area contributed by atoms with E-state index in [0.717, 1.165) is 55.3 Å². The highest BCUT2D eigenvalue weighted by Gasteiger charge is 2.19. The monoisotopic (exact) mass is 537 g/mol. The Kier molecular flexibility index (Phi) is 4.87. The molecule has 0 bridgehead atoms. The predicted octanol–water partition coefficient (Wildman–Crippen LogP) is 9.96. The summed E-state index contributed by atoms with van der Waals surface area (Å²) in [6.45, 7) is 0. The van der Waals surface area contributed by atoms with Crippen LogP contribution in [-0.4, -0.2) is 14.5 Å². The molecule has 196 valence electrons. The molecule has 3 aromatic heterocycles. The molecule has 6 aromatic carbocycles. The second-order valence-corrected chi connectivity index (χ2v) is 10.6. The summed E-state index contributed by atoms with van der Waals surface area (Å²) in [5.74, 6) is 0.680. The molecule has 0 amide bonds. The van der Waals surface area contributed by atoms with E-state index in [0.29, 0.717) is 5.82 Å². The molecule has 0 fully saturated rings. The minimum atomic E-state index is 0.680. The third kappa shape index (κ3) is 3.36. The smallest absolute Gasteiger partial charge is 0.160 e. The standard InChI is InChI=1S/C38H23N3O/c1-2-11-24(12-3-1)36-35-31(22-21-30-29-17-6-9-20-34(29)42-37(30)35)39-38(40-36)25-13-10-14-26(23-25)41-32-18-7-4-15-27(32)28-16-5-8-19-33(28)41/h1-23H. The maximum Gasteiger partial charge on any atom is 0.160 e. The number of para-hydroxylation sites is 3. The highest BCUT2D eigenvalue weighted by Crippen LogP contribution is 2.39. The van der Waals surface area contributed by atoms with Crippen molar-refractivity contribution in [2.45, 2.75) is 0 Å². The molecule has 0 N–H and O–H groups in total. The van der Waals surface area contributed by atoms with Crippen LogP contribution in [0.25, 0.3) is 83.0 Å². The zero-order chi connectivity index (χ0) is 27.6. The summed E-state index contributed by atoms with van der Waals surface area (Å²) in [7, 11) is 0. The van der Waals surface area contributed by atoms with Gasteiger partial charge in [0, 0.05) is 38.4 Å². The fraction of sp³-hybridized carbons (Fsp3) is 0. The Morgan fingerprint density at radius 2 is 1.17 bits per heavy atom. The first-order valence-electron chi connectivity index (χ1n) is 14.1. The van der Waals surface area contributed by atoms with Crippen LogP contribution in [0.5, 0.6) is 0 Å². The van der Waals surface area contributed by atoms with Gasteiger partial charge in [0.25, 0.3) is 0 Å². The van der Waals surface area contributed by atoms with Crippen molar-refractivity contribution in [2.24, 2.45) is 0 Å². The van der Waals surface area contributed by atoms with Gasteiger partial charge in [-0.1, -0.05) is 97.1 Å². The maximum absolute atomic E-state index is 6.44. The molecule has 0 unspecified atom stereocenters. The maximum atomic E-state index is 6.44. The summed E-state index contributed by atoms with van der Waals surface area (Å²) >= 11 is 0. The van der Waals surface area contributed by atoms with Crippen LogP contribution in [0.3, 0.4) is 0 Å². The van der Waals surface area contributed by atoms with E-state index in [1.165, 1.54) is 21.8 Å². The van der Waals surface area contributed by atoms with E-state index < -0.39 is 0 Å². The number of benzene rings is 6. The van der Waals surface area contributed by atoms with Gasteiger partial charge >= 0.3 is 0 Å². The third-order valence-electron chi connectivity index (χ3n) is 8.20. The normalized spacial score (nSPS) is 11.8. The Bertz CT molecular complexity index is 2420. The fourth-order valence-corrected chi connectivity index (χ4v) is 6.32. The Morgan fingerprint density at radius 3 is 1.95 bits per heavy atom. The first-order chi connectivity index (χ1) is 20.8. The average molecular weight is 538 g/mol. The van der Waals surface area contributed by atoms with Crippen LogP contribution >= 0.6 is 0 Å². The molecule has 0 aliphatic heterocycles. The van der Waals surface area contributed by atoms with E-state index in [-0.39, 0.29) is 0 Å². The zero-order valence-corrected chi connectivity index (χ0v) is 22.5. The van der Waals surface area contributed by atoms with Gasteiger partial charge in [-0.2, -0.15) is 0 Å². The molecule has 0 atom stereocenters. The zero-order valence-electron chi connectivity index (χ0n) is 22.5. The Hall–Kier alpha value is -5.74. The third-order valence-corrected chi connectivity index (χ3v) is 8.20. The van der Waals surface area contributed by atoms with Crippen LogP contribution in [0.1, 0.15) is 0 Å². The highest BCUT2D eigenvalue weighted by atomic mass is 16.3. The van der Waals surface area contributed by atoms with Crippen LogP contribution in [0.15, 0.2) is 144 Å². The van der Waals surface area contributed by atoms with Crippen LogP contribution in [0.2, 0.25) is 0 Å². The van der Waals surface area contributed by atoms with Gasteiger partial charge in [0.2, 0.25) is 0 Å². The fourth-order valence-electron chi connectivity index (χ4n) is 6.32. The van der Waals surface area contributed by atoms with E-state index in [4.69, 9.17) is 14.4 Å². The highest BCUT2D eigenvalue weighted by molar-refractivity contribution is 6.17. The Balaban J connectivity index is 1.31. The summed E-state index contributed by atoms with van der Waals surface area (Å²) in [5, 5.41) is 5.57. The van der Waals surface area contributed by atoms with E-state index in [1.54, 1.807) is 0 Å². The molecule has 3 heterocycles. The lowest BCUT2D eigenvalue weighted by Gasteiger charge is -2.12. The molecule has 0 radical (unpaired) electrons. The Labute approximate surface area is 241 Å². The van der Waals surface area contributed by atoms with E-state index >= 15 is 0 Å². The molecule has 0 spiro atoms. The molecule has 4 heteroatoms. The first kappa shape index (κ1) is 23.0. The molecular weight excluding hydrogens is 514 g/mol. The lowest BCUT2D eigenvalue weighted by atomic mass is 10.0. The summed E-state index contributed by atoms with van der Waals surface area (Å²) in [6, 6.07) is 48.3. The Morgan fingerprint density at radius 1 is 0.500 bits per heavy atom. The number of hydrogen-bond acceptors (Lipinski definition) is 3. The van der Waals surface area contributed by atoms with Crippen molar-refractivity contribution in [3.8, 4) is 28.3 Å². The second-order valence-electron chi connectivity index (χ2n) is 10.6. The number of hydrogen-bond donors (Lipinski definition) is 0. The summed E-state index contributed by atoms with van der Waals surface area (Å²) in [4.78, 5) is 10.3. The van der Waals surface area contributed by atoms with Crippen LogP contribution in [-0.2, 0) is 0 Å². The van der Waals surface area contributed by atoms with Gasteiger partial charge in [-0.25, -0.2) is 9.97 Å². The molecule has 42 heavy (non-hydrogen) atoms. The van der Waals surface area contributed by atoms with Gasteiger partial charge in [-0.05, 0) is 42.5 Å². The van der Waals surface area contributed by atoms with E-state index in [1.807, 2.05) is 36.4 Å². The van der Waals surface area contributed by atoms with Crippen molar-refractivity contribution < 1.29 is 4.42 Å². The molecule has 0 saturated heterocycles. The minimum Gasteiger partial charge on any atom is -0.455 e. The van der Waals surface area contributed by atoms with E-state index in [9.17, 15) is 0 Å². The molecular formula is C38H23N3O. The average Bonchev–Trinajstić information content (AvgIpc) is 3.61. The first-order valence-corrected chi connectivity index (χ1v) is 14.1. The second kappa shape index (κ2) is 8.88. The van der Waals surface area contributed by atoms with Crippen LogP contribution in [0, 0.1) is 0 Å². The van der Waals surface area contributed by atoms with Crippen molar-refractivity contribution in [3.05, 3.63) is 140 Å². The quantitative estimate of drug-likeness (QED) is 0.225. The lowest BCUT2D eigenvalue weighted by Crippen LogP contribution is -1.98. The number of rotatable bonds is 3. The van der Waals surface area contributed by atoms with Crippen LogP contribution in [0.4, 0.5) is 0 Å². The van der Waals surface area contributed by atoms with Gasteiger partial charge in [0.05, 0.1) is 27.6 Å². The molecule has 9 aromatic rings. The minimum absolute atomic E-state index is 0.680. The molecule has 4 nitrogen and oxygen atoms in total. The van der Waals surface area contributed by atoms with Crippen molar-refractivity contribution in [2.75, 3.05) is 0 Å². The van der Waals surface area contributed by atoms with Crippen LogP contribution < -0.4 is 0 Å². The summed E-state index contributed by atoms with van der Waals surface area (Å²) in [6.07, 6.45) is 0. The number of aromatic nitrogens is 3. The number of nitrogens with zero attached hydrogens (tertiary/aromatic N) is 3. The van der Waals surface area contributed by atoms with Crippen molar-refractivity contribution in [1.82, 2.24) is 14.5 Å². The molecule has 9 rings (SSSR count). The molecule has 0 aliphatic rings. The lowest BCUT2D eigenvalue weighted by molar-refractivity contribution is 0.672. The number of furan rings is 1. The van der Waals surface area contributed by atoms with Gasteiger partial charge in [-0.3, -0.25) is 0 Å². The van der Waals surface area contributed by atoms with Crippen molar-refractivity contribution in [1.29, 1.82) is 0 Å². The van der Waals surface area contributed by atoms with Crippen molar-refractivity contribution >= 4 is 54.6 Å². The van der Waals surface area contributed by atoms with Gasteiger partial charge in [-0.15, -0.1) is 0 Å². The topological polar surface area (TPSA) is 43.9 Å². The molecule has 0 aliphatic carbocycles. The molecule has 0 saturated carbocycles. The van der Waals surface area contributed by atoms with E-state index in [2.05, 4.69) is 108 Å². The SMILES string of the molecule is c1ccc(-c2nc(-c3cccc(-n4c5ccccc5c5ccccc54)c3)nc3ccc4c5ccccc5oc4c23)cc1. The van der Waals surface area contributed by atoms with Gasteiger partial charge in [0.15, 0.2) is 5.82 Å². The summed E-state index contributed by atoms with van der Waals surface area (Å²) < 4.78 is 8.76. The summed E-state index contributed by atoms with van der Waals surface area (Å²) in [5.41, 5.74) is 8.80. The van der Waals surface area contributed by atoms with Gasteiger partial charge in [0.1, 0.15) is 11.2 Å².